The lowest BCUT2D eigenvalue weighted by molar-refractivity contribution is 0.0272. The Morgan fingerprint density at radius 3 is 2.68 bits per heavy atom. The van der Waals surface area contributed by atoms with Crippen LogP contribution in [0.1, 0.15) is 48.9 Å². The van der Waals surface area contributed by atoms with Crippen molar-refractivity contribution in [2.45, 2.75) is 56.6 Å². The van der Waals surface area contributed by atoms with Crippen molar-refractivity contribution in [3.8, 4) is 6.07 Å². The number of rotatable bonds is 3. The van der Waals surface area contributed by atoms with Crippen LogP contribution in [0.5, 0.6) is 0 Å². The predicted octanol–water partition coefficient (Wildman–Crippen LogP) is 3.36. The van der Waals surface area contributed by atoms with E-state index in [9.17, 15) is 10.4 Å². The third kappa shape index (κ3) is 3.49. The molecule has 1 aromatic rings. The number of nitrogens with zero attached hydrogens (tertiary/aromatic N) is 2. The molecule has 1 N–H and O–H groups in total. The number of nitriles is 1. The van der Waals surface area contributed by atoms with Gasteiger partial charge in [0.05, 0.1) is 11.2 Å². The monoisotopic (exact) mass is 276 g/mol. The highest BCUT2D eigenvalue weighted by Gasteiger charge is 2.29. The van der Waals surface area contributed by atoms with Crippen molar-refractivity contribution in [2.75, 3.05) is 5.75 Å². The zero-order valence-corrected chi connectivity index (χ0v) is 12.4. The largest absolute Gasteiger partial charge is 0.389 e. The molecule has 1 aliphatic rings. The Bertz CT molecular complexity index is 502. The Labute approximate surface area is 119 Å². The summed E-state index contributed by atoms with van der Waals surface area (Å²) < 4.78 is 0. The fourth-order valence-electron chi connectivity index (χ4n) is 2.60. The first-order chi connectivity index (χ1) is 9.04. The highest BCUT2D eigenvalue weighted by Crippen LogP contribution is 2.34. The highest BCUT2D eigenvalue weighted by atomic mass is 32.2. The van der Waals surface area contributed by atoms with E-state index in [2.05, 4.69) is 11.1 Å². The fourth-order valence-corrected chi connectivity index (χ4v) is 3.85. The molecule has 0 unspecified atom stereocenters. The normalized spacial score (nSPS) is 18.0. The molecule has 0 aromatic carbocycles. The molecule has 4 heteroatoms. The van der Waals surface area contributed by atoms with Gasteiger partial charge in [-0.3, -0.25) is 0 Å². The van der Waals surface area contributed by atoms with Crippen LogP contribution in [0.4, 0.5) is 0 Å². The maximum absolute atomic E-state index is 10.5. The lowest BCUT2D eigenvalue weighted by Gasteiger charge is -2.31. The number of aliphatic hydroxyl groups is 1. The van der Waals surface area contributed by atoms with E-state index in [1.54, 1.807) is 0 Å². The van der Waals surface area contributed by atoms with E-state index in [0.29, 0.717) is 11.3 Å². The summed E-state index contributed by atoms with van der Waals surface area (Å²) in [5, 5.41) is 20.5. The van der Waals surface area contributed by atoms with Crippen LogP contribution in [-0.4, -0.2) is 21.4 Å². The molecule has 0 atom stereocenters. The molecule has 0 amide bonds. The molecule has 0 saturated heterocycles. The lowest BCUT2D eigenvalue weighted by atomic mass is 9.86. The van der Waals surface area contributed by atoms with Gasteiger partial charge in [0.15, 0.2) is 0 Å². The minimum atomic E-state index is -0.574. The van der Waals surface area contributed by atoms with Crippen LogP contribution in [0, 0.1) is 25.2 Å². The van der Waals surface area contributed by atoms with Crippen LogP contribution in [0.3, 0.4) is 0 Å². The quantitative estimate of drug-likeness (QED) is 0.860. The summed E-state index contributed by atoms with van der Waals surface area (Å²) in [6.07, 6.45) is 5.16. The molecule has 0 radical (unpaired) electrons. The molecule has 0 spiro atoms. The van der Waals surface area contributed by atoms with Gasteiger partial charge in [0.1, 0.15) is 11.1 Å². The zero-order chi connectivity index (χ0) is 13.9. The van der Waals surface area contributed by atoms with Crippen molar-refractivity contribution in [2.24, 2.45) is 0 Å². The topological polar surface area (TPSA) is 56.9 Å². The van der Waals surface area contributed by atoms with Crippen LogP contribution in [0.15, 0.2) is 11.1 Å². The smallest absolute Gasteiger partial charge is 0.114 e. The first-order valence-corrected chi connectivity index (χ1v) is 7.76. The van der Waals surface area contributed by atoms with Gasteiger partial charge in [-0.15, -0.1) is 11.8 Å². The molecule has 102 valence electrons. The van der Waals surface area contributed by atoms with Crippen molar-refractivity contribution >= 4 is 11.8 Å². The van der Waals surface area contributed by atoms with Gasteiger partial charge in [-0.2, -0.15) is 5.26 Å². The molecule has 1 fully saturated rings. The Kier molecular flexibility index (Phi) is 4.49. The van der Waals surface area contributed by atoms with Crippen molar-refractivity contribution in [3.63, 3.8) is 0 Å². The SMILES string of the molecule is Cc1cc(C)c(C#N)c(SCC2(O)CCCCC2)n1. The Morgan fingerprint density at radius 2 is 2.05 bits per heavy atom. The number of hydrogen-bond acceptors (Lipinski definition) is 4. The summed E-state index contributed by atoms with van der Waals surface area (Å²) in [5.74, 6) is 0.636. The number of aryl methyl sites for hydroxylation is 2. The van der Waals surface area contributed by atoms with Crippen LogP contribution in [0.2, 0.25) is 0 Å². The van der Waals surface area contributed by atoms with E-state index in [-0.39, 0.29) is 0 Å². The summed E-state index contributed by atoms with van der Waals surface area (Å²) in [6.45, 7) is 3.88. The molecular formula is C15H20N2OS. The van der Waals surface area contributed by atoms with Crippen LogP contribution in [-0.2, 0) is 0 Å². The van der Waals surface area contributed by atoms with E-state index in [4.69, 9.17) is 0 Å². The Balaban J connectivity index is 2.13. The lowest BCUT2D eigenvalue weighted by Crippen LogP contribution is -2.34. The number of pyridine rings is 1. The second-order valence-electron chi connectivity index (χ2n) is 5.45. The summed E-state index contributed by atoms with van der Waals surface area (Å²) in [4.78, 5) is 4.45. The van der Waals surface area contributed by atoms with Crippen molar-refractivity contribution in [3.05, 3.63) is 22.9 Å². The standard InChI is InChI=1S/C15H20N2OS/c1-11-8-12(2)17-14(13(11)9-16)19-10-15(18)6-4-3-5-7-15/h8,18H,3-7,10H2,1-2H3. The molecule has 1 saturated carbocycles. The van der Waals surface area contributed by atoms with E-state index >= 15 is 0 Å². The zero-order valence-electron chi connectivity index (χ0n) is 11.6. The first kappa shape index (κ1) is 14.4. The summed E-state index contributed by atoms with van der Waals surface area (Å²) in [5.41, 5.74) is 1.97. The Hall–Kier alpha value is -1.05. The van der Waals surface area contributed by atoms with Crippen molar-refractivity contribution in [1.82, 2.24) is 4.98 Å². The second-order valence-corrected chi connectivity index (χ2v) is 6.41. The second kappa shape index (κ2) is 5.94. The highest BCUT2D eigenvalue weighted by molar-refractivity contribution is 7.99. The van der Waals surface area contributed by atoms with Gasteiger partial charge in [-0.05, 0) is 38.3 Å². The minimum Gasteiger partial charge on any atom is -0.389 e. The van der Waals surface area contributed by atoms with Crippen molar-refractivity contribution in [1.29, 1.82) is 5.26 Å². The van der Waals surface area contributed by atoms with Gasteiger partial charge in [0.25, 0.3) is 0 Å². The van der Waals surface area contributed by atoms with Gasteiger partial charge in [0, 0.05) is 11.4 Å². The van der Waals surface area contributed by atoms with E-state index in [1.807, 2.05) is 19.9 Å². The molecule has 19 heavy (non-hydrogen) atoms. The van der Waals surface area contributed by atoms with E-state index < -0.39 is 5.60 Å². The van der Waals surface area contributed by atoms with Gasteiger partial charge < -0.3 is 5.11 Å². The van der Waals surface area contributed by atoms with E-state index in [0.717, 1.165) is 42.0 Å². The van der Waals surface area contributed by atoms with Gasteiger partial charge >= 0.3 is 0 Å². The molecule has 1 aliphatic carbocycles. The molecule has 1 aromatic heterocycles. The predicted molar refractivity (Wildman–Crippen MR) is 77.2 cm³/mol. The maximum atomic E-state index is 10.5. The molecule has 3 nitrogen and oxygen atoms in total. The van der Waals surface area contributed by atoms with Gasteiger partial charge in [-0.1, -0.05) is 19.3 Å². The summed E-state index contributed by atoms with van der Waals surface area (Å²) in [6, 6.07) is 4.15. The van der Waals surface area contributed by atoms with Crippen LogP contribution >= 0.6 is 11.8 Å². The van der Waals surface area contributed by atoms with Crippen LogP contribution < -0.4 is 0 Å². The average molecular weight is 276 g/mol. The third-order valence-corrected chi connectivity index (χ3v) is 4.94. The molecule has 0 aliphatic heterocycles. The third-order valence-electron chi connectivity index (χ3n) is 3.69. The van der Waals surface area contributed by atoms with Crippen LogP contribution in [0.25, 0.3) is 0 Å². The van der Waals surface area contributed by atoms with Gasteiger partial charge in [-0.25, -0.2) is 4.98 Å². The number of thioether (sulfide) groups is 1. The first-order valence-electron chi connectivity index (χ1n) is 6.78. The maximum Gasteiger partial charge on any atom is 0.114 e. The number of aromatic nitrogens is 1. The van der Waals surface area contributed by atoms with E-state index in [1.165, 1.54) is 18.2 Å². The number of hydrogen-bond donors (Lipinski definition) is 1. The fraction of sp³-hybridized carbons (Fsp3) is 0.600. The Morgan fingerprint density at radius 1 is 1.37 bits per heavy atom. The molecular weight excluding hydrogens is 256 g/mol. The summed E-state index contributed by atoms with van der Waals surface area (Å²) in [7, 11) is 0. The van der Waals surface area contributed by atoms with Crippen molar-refractivity contribution < 1.29 is 5.11 Å². The molecule has 0 bridgehead atoms. The summed E-state index contributed by atoms with van der Waals surface area (Å²) >= 11 is 1.52. The van der Waals surface area contributed by atoms with Gasteiger partial charge in [0.2, 0.25) is 0 Å². The molecule has 2 rings (SSSR count). The molecule has 1 heterocycles. The minimum absolute atomic E-state index is 0.574. The average Bonchev–Trinajstić information content (AvgIpc) is 2.37.